The first-order valence-corrected chi connectivity index (χ1v) is 9.93. The third-order valence-electron chi connectivity index (χ3n) is 4.86. The van der Waals surface area contributed by atoms with Gasteiger partial charge in [-0.15, -0.1) is 0 Å². The number of anilines is 2. The number of hydrogen-bond acceptors (Lipinski definition) is 5. The van der Waals surface area contributed by atoms with Gasteiger partial charge in [-0.3, -0.25) is 9.78 Å². The van der Waals surface area contributed by atoms with Crippen molar-refractivity contribution in [1.82, 2.24) is 15.0 Å². The second kappa shape index (κ2) is 8.69. The van der Waals surface area contributed by atoms with Crippen molar-refractivity contribution < 1.29 is 4.79 Å². The molecular formula is C24H23N5O. The summed E-state index contributed by atoms with van der Waals surface area (Å²) >= 11 is 0. The maximum atomic E-state index is 13.0. The van der Waals surface area contributed by atoms with Crippen LogP contribution in [-0.4, -0.2) is 27.4 Å². The van der Waals surface area contributed by atoms with Gasteiger partial charge < -0.3 is 10.2 Å². The second-order valence-corrected chi connectivity index (χ2v) is 6.99. The van der Waals surface area contributed by atoms with Gasteiger partial charge in [-0.25, -0.2) is 9.97 Å². The number of para-hydroxylation sites is 1. The third kappa shape index (κ3) is 4.27. The van der Waals surface area contributed by atoms with Crippen molar-refractivity contribution in [1.29, 1.82) is 0 Å². The first kappa shape index (κ1) is 19.5. The minimum absolute atomic E-state index is 0.282. The average molecular weight is 397 g/mol. The molecule has 0 bridgehead atoms. The third-order valence-corrected chi connectivity index (χ3v) is 4.86. The van der Waals surface area contributed by atoms with Crippen LogP contribution in [0.3, 0.4) is 0 Å². The summed E-state index contributed by atoms with van der Waals surface area (Å²) in [5, 5.41) is 3.92. The quantitative estimate of drug-likeness (QED) is 0.514. The van der Waals surface area contributed by atoms with E-state index in [4.69, 9.17) is 0 Å². The zero-order valence-electron chi connectivity index (χ0n) is 17.0. The fourth-order valence-electron chi connectivity index (χ4n) is 3.38. The lowest BCUT2D eigenvalue weighted by Crippen LogP contribution is -2.25. The fourth-order valence-corrected chi connectivity index (χ4v) is 3.38. The standard InChI is InChI=1S/C24H23N5O/c1-3-29(16-18-9-5-4-6-10-18)22-15-21(26-17(2)27-22)24(30)28-20-13-7-11-19-12-8-14-25-23(19)20/h4-15H,3,16H2,1-2H3,(H,28,30). The Hall–Kier alpha value is -3.80. The molecule has 2 aromatic heterocycles. The summed E-state index contributed by atoms with van der Waals surface area (Å²) in [7, 11) is 0. The molecule has 0 saturated heterocycles. The second-order valence-electron chi connectivity index (χ2n) is 6.99. The van der Waals surface area contributed by atoms with E-state index < -0.39 is 0 Å². The molecule has 1 N–H and O–H groups in total. The Bertz CT molecular complexity index is 1170. The highest BCUT2D eigenvalue weighted by molar-refractivity contribution is 6.07. The lowest BCUT2D eigenvalue weighted by Gasteiger charge is -2.22. The van der Waals surface area contributed by atoms with Crippen LogP contribution in [0, 0.1) is 6.92 Å². The number of benzene rings is 2. The van der Waals surface area contributed by atoms with Crippen LogP contribution in [0.2, 0.25) is 0 Å². The Morgan fingerprint density at radius 1 is 1.00 bits per heavy atom. The molecule has 0 aliphatic rings. The largest absolute Gasteiger partial charge is 0.352 e. The molecule has 0 fully saturated rings. The number of carbonyl (C=O) groups is 1. The van der Waals surface area contributed by atoms with Gasteiger partial charge in [-0.2, -0.15) is 0 Å². The molecule has 4 aromatic rings. The van der Waals surface area contributed by atoms with E-state index in [1.807, 2.05) is 48.5 Å². The zero-order valence-corrected chi connectivity index (χ0v) is 17.0. The summed E-state index contributed by atoms with van der Waals surface area (Å²) in [6, 6.07) is 21.5. The van der Waals surface area contributed by atoms with Gasteiger partial charge in [0.25, 0.3) is 5.91 Å². The van der Waals surface area contributed by atoms with Crippen LogP contribution in [0.15, 0.2) is 72.9 Å². The Kier molecular flexibility index (Phi) is 5.66. The van der Waals surface area contributed by atoms with Crippen molar-refractivity contribution in [2.24, 2.45) is 0 Å². The number of aromatic nitrogens is 3. The molecule has 2 aromatic carbocycles. The first-order valence-electron chi connectivity index (χ1n) is 9.93. The van der Waals surface area contributed by atoms with Crippen LogP contribution in [0.4, 0.5) is 11.5 Å². The average Bonchev–Trinajstić information content (AvgIpc) is 2.78. The molecule has 6 nitrogen and oxygen atoms in total. The summed E-state index contributed by atoms with van der Waals surface area (Å²) < 4.78 is 0. The van der Waals surface area contributed by atoms with Crippen molar-refractivity contribution in [2.75, 3.05) is 16.8 Å². The maximum Gasteiger partial charge on any atom is 0.274 e. The molecule has 150 valence electrons. The zero-order chi connectivity index (χ0) is 20.9. The predicted molar refractivity (Wildman–Crippen MR) is 120 cm³/mol. The van der Waals surface area contributed by atoms with Gasteiger partial charge >= 0.3 is 0 Å². The number of hydrogen-bond donors (Lipinski definition) is 1. The van der Waals surface area contributed by atoms with E-state index in [9.17, 15) is 4.79 Å². The maximum absolute atomic E-state index is 13.0. The molecule has 30 heavy (non-hydrogen) atoms. The Morgan fingerprint density at radius 2 is 1.80 bits per heavy atom. The number of rotatable bonds is 6. The molecule has 0 aliphatic carbocycles. The highest BCUT2D eigenvalue weighted by Gasteiger charge is 2.15. The van der Waals surface area contributed by atoms with Crippen LogP contribution < -0.4 is 10.2 Å². The number of amides is 1. The predicted octanol–water partition coefficient (Wildman–Crippen LogP) is 4.61. The molecule has 0 spiro atoms. The summed E-state index contributed by atoms with van der Waals surface area (Å²) in [4.78, 5) is 28.4. The number of nitrogens with one attached hydrogen (secondary N) is 1. The van der Waals surface area contributed by atoms with E-state index in [-0.39, 0.29) is 5.91 Å². The highest BCUT2D eigenvalue weighted by Crippen LogP contribution is 2.22. The molecule has 2 heterocycles. The normalized spacial score (nSPS) is 10.7. The van der Waals surface area contributed by atoms with Gasteiger partial charge in [0.1, 0.15) is 17.3 Å². The molecule has 0 saturated carbocycles. The van der Waals surface area contributed by atoms with Gasteiger partial charge in [0.15, 0.2) is 0 Å². The Morgan fingerprint density at radius 3 is 2.60 bits per heavy atom. The number of pyridine rings is 1. The highest BCUT2D eigenvalue weighted by atomic mass is 16.1. The van der Waals surface area contributed by atoms with E-state index in [2.05, 4.69) is 44.2 Å². The molecule has 0 atom stereocenters. The first-order chi connectivity index (χ1) is 14.6. The van der Waals surface area contributed by atoms with Gasteiger partial charge in [-0.05, 0) is 31.5 Å². The van der Waals surface area contributed by atoms with E-state index in [0.29, 0.717) is 23.8 Å². The van der Waals surface area contributed by atoms with Crippen molar-refractivity contribution in [2.45, 2.75) is 20.4 Å². The van der Waals surface area contributed by atoms with Gasteiger partial charge in [0.2, 0.25) is 0 Å². The van der Waals surface area contributed by atoms with Crippen LogP contribution >= 0.6 is 0 Å². The van der Waals surface area contributed by atoms with Crippen molar-refractivity contribution in [3.8, 4) is 0 Å². The van der Waals surface area contributed by atoms with Gasteiger partial charge in [0, 0.05) is 30.7 Å². The van der Waals surface area contributed by atoms with Gasteiger partial charge in [0.05, 0.1) is 11.2 Å². The van der Waals surface area contributed by atoms with Crippen LogP contribution in [0.25, 0.3) is 10.9 Å². The number of fused-ring (bicyclic) bond motifs is 1. The molecule has 0 aliphatic heterocycles. The minimum Gasteiger partial charge on any atom is -0.352 e. The van der Waals surface area contributed by atoms with Crippen molar-refractivity contribution in [3.63, 3.8) is 0 Å². The van der Waals surface area contributed by atoms with Crippen LogP contribution in [0.5, 0.6) is 0 Å². The van der Waals surface area contributed by atoms with E-state index >= 15 is 0 Å². The fraction of sp³-hybridized carbons (Fsp3) is 0.167. The summed E-state index contributed by atoms with van der Waals surface area (Å²) in [5.41, 5.74) is 2.92. The van der Waals surface area contributed by atoms with Crippen LogP contribution in [-0.2, 0) is 6.54 Å². The number of nitrogens with zero attached hydrogens (tertiary/aromatic N) is 4. The molecule has 1 amide bonds. The Labute approximate surface area is 175 Å². The number of aryl methyl sites for hydroxylation is 1. The lowest BCUT2D eigenvalue weighted by atomic mass is 10.2. The summed E-state index contributed by atoms with van der Waals surface area (Å²) in [6.07, 6.45) is 1.72. The molecule has 0 radical (unpaired) electrons. The van der Waals surface area contributed by atoms with Crippen LogP contribution in [0.1, 0.15) is 28.8 Å². The molecule has 4 rings (SSSR count). The minimum atomic E-state index is -0.282. The summed E-state index contributed by atoms with van der Waals surface area (Å²) in [5.74, 6) is 1.01. The smallest absolute Gasteiger partial charge is 0.274 e. The van der Waals surface area contributed by atoms with E-state index in [1.165, 1.54) is 5.56 Å². The molecule has 0 unspecified atom stereocenters. The lowest BCUT2D eigenvalue weighted by molar-refractivity contribution is 0.102. The topological polar surface area (TPSA) is 71.0 Å². The van der Waals surface area contributed by atoms with Crippen molar-refractivity contribution >= 4 is 28.3 Å². The van der Waals surface area contributed by atoms with Crippen molar-refractivity contribution in [3.05, 3.63) is 90.0 Å². The van der Waals surface area contributed by atoms with Gasteiger partial charge in [-0.1, -0.05) is 48.5 Å². The SMILES string of the molecule is CCN(Cc1ccccc1)c1cc(C(=O)Nc2cccc3cccnc23)nc(C)n1. The number of carbonyl (C=O) groups excluding carboxylic acids is 1. The van der Waals surface area contributed by atoms with E-state index in [0.717, 1.165) is 23.3 Å². The molecule has 6 heteroatoms. The molecular weight excluding hydrogens is 374 g/mol. The summed E-state index contributed by atoms with van der Waals surface area (Å²) in [6.45, 7) is 5.35. The van der Waals surface area contributed by atoms with E-state index in [1.54, 1.807) is 19.2 Å². The Balaban J connectivity index is 1.61. The monoisotopic (exact) mass is 397 g/mol.